The molecule has 98 valence electrons. The molecule has 1 atom stereocenters. The molecule has 2 aromatic heterocycles. The van der Waals surface area contributed by atoms with Gasteiger partial charge in [0.25, 0.3) is 0 Å². The molecule has 0 spiro atoms. The van der Waals surface area contributed by atoms with E-state index in [0.717, 1.165) is 15.9 Å². The van der Waals surface area contributed by atoms with Gasteiger partial charge in [0.1, 0.15) is 0 Å². The third-order valence-electron chi connectivity index (χ3n) is 2.80. The molecule has 2 aromatic rings. The van der Waals surface area contributed by atoms with Crippen molar-refractivity contribution in [3.63, 3.8) is 0 Å². The Labute approximate surface area is 119 Å². The van der Waals surface area contributed by atoms with Crippen molar-refractivity contribution in [1.29, 1.82) is 0 Å². The van der Waals surface area contributed by atoms with E-state index in [0.29, 0.717) is 6.04 Å². The van der Waals surface area contributed by atoms with Gasteiger partial charge in [0.15, 0.2) is 0 Å². The predicted molar refractivity (Wildman–Crippen MR) is 78.4 cm³/mol. The first-order chi connectivity index (χ1) is 8.60. The van der Waals surface area contributed by atoms with E-state index in [4.69, 9.17) is 5.84 Å². The third kappa shape index (κ3) is 3.20. The highest BCUT2D eigenvalue weighted by Crippen LogP contribution is 2.26. The summed E-state index contributed by atoms with van der Waals surface area (Å²) in [6.07, 6.45) is 2.80. The van der Waals surface area contributed by atoms with Crippen molar-refractivity contribution in [1.82, 2.24) is 15.2 Å². The van der Waals surface area contributed by atoms with Crippen LogP contribution in [0.2, 0.25) is 0 Å². The molecular weight excluding hydrogens is 312 g/mol. The number of hydrogen-bond acceptors (Lipinski definition) is 4. The van der Waals surface area contributed by atoms with Crippen LogP contribution < -0.4 is 11.3 Å². The van der Waals surface area contributed by atoms with Crippen LogP contribution in [0, 0.1) is 0 Å². The fraction of sp³-hybridized carbons (Fsp3) is 0.417. The van der Waals surface area contributed by atoms with Crippen LogP contribution in [0.15, 0.2) is 27.5 Å². The molecule has 3 N–H and O–H groups in total. The highest BCUT2D eigenvalue weighted by atomic mass is 79.9. The molecule has 0 saturated carbocycles. The fourth-order valence-corrected chi connectivity index (χ4v) is 2.99. The summed E-state index contributed by atoms with van der Waals surface area (Å²) in [5.41, 5.74) is 5.09. The van der Waals surface area contributed by atoms with Crippen molar-refractivity contribution in [2.24, 2.45) is 5.84 Å². The standard InChI is InChI=1S/C12H17BrN4S/c1-8(2)17-4-3-10(16-17)6-11(15-14)9-5-12(13)18-7-9/h3-5,7-8,11,15H,6,14H2,1-2H3. The van der Waals surface area contributed by atoms with Gasteiger partial charge in [0, 0.05) is 18.7 Å². The number of thiophene rings is 1. The first-order valence-corrected chi connectivity index (χ1v) is 7.51. The van der Waals surface area contributed by atoms with Crippen LogP contribution in [0.1, 0.15) is 37.2 Å². The van der Waals surface area contributed by atoms with Crippen LogP contribution >= 0.6 is 27.3 Å². The molecule has 1 unspecified atom stereocenters. The molecule has 6 heteroatoms. The Kier molecular flexibility index (Phi) is 4.55. The molecule has 0 aliphatic heterocycles. The SMILES string of the molecule is CC(C)n1ccc(CC(NN)c2csc(Br)c2)n1. The molecular formula is C12H17BrN4S. The van der Waals surface area contributed by atoms with Gasteiger partial charge in [0.2, 0.25) is 0 Å². The molecule has 2 rings (SSSR count). The lowest BCUT2D eigenvalue weighted by Gasteiger charge is -2.13. The summed E-state index contributed by atoms with van der Waals surface area (Å²) in [7, 11) is 0. The summed E-state index contributed by atoms with van der Waals surface area (Å²) in [4.78, 5) is 0. The Morgan fingerprint density at radius 2 is 2.33 bits per heavy atom. The smallest absolute Gasteiger partial charge is 0.0701 e. The Bertz CT molecular complexity index is 506. The van der Waals surface area contributed by atoms with Crippen molar-refractivity contribution in [3.05, 3.63) is 38.8 Å². The molecule has 0 fully saturated rings. The van der Waals surface area contributed by atoms with E-state index in [9.17, 15) is 0 Å². The molecule has 0 bridgehead atoms. The zero-order valence-corrected chi connectivity index (χ0v) is 12.8. The number of nitrogens with two attached hydrogens (primary N) is 1. The quantitative estimate of drug-likeness (QED) is 0.655. The second kappa shape index (κ2) is 5.97. The van der Waals surface area contributed by atoms with Gasteiger partial charge >= 0.3 is 0 Å². The van der Waals surface area contributed by atoms with E-state index in [1.807, 2.05) is 16.9 Å². The number of aromatic nitrogens is 2. The summed E-state index contributed by atoms with van der Waals surface area (Å²) in [5.74, 6) is 5.63. The van der Waals surface area contributed by atoms with Crippen LogP contribution in [0.4, 0.5) is 0 Å². The number of halogens is 1. The van der Waals surface area contributed by atoms with Gasteiger partial charge in [-0.15, -0.1) is 11.3 Å². The zero-order chi connectivity index (χ0) is 13.1. The maximum Gasteiger partial charge on any atom is 0.0701 e. The average molecular weight is 329 g/mol. The van der Waals surface area contributed by atoms with Crippen molar-refractivity contribution < 1.29 is 0 Å². The molecule has 0 aromatic carbocycles. The Morgan fingerprint density at radius 1 is 1.56 bits per heavy atom. The van der Waals surface area contributed by atoms with Crippen LogP contribution in [-0.2, 0) is 6.42 Å². The monoisotopic (exact) mass is 328 g/mol. The lowest BCUT2D eigenvalue weighted by Crippen LogP contribution is -2.29. The maximum absolute atomic E-state index is 5.63. The third-order valence-corrected chi connectivity index (χ3v) is 4.32. The first-order valence-electron chi connectivity index (χ1n) is 5.84. The van der Waals surface area contributed by atoms with Crippen LogP contribution in [-0.4, -0.2) is 9.78 Å². The number of hydrazine groups is 1. The maximum atomic E-state index is 5.63. The molecule has 0 aliphatic rings. The van der Waals surface area contributed by atoms with Crippen LogP contribution in [0.5, 0.6) is 0 Å². The van der Waals surface area contributed by atoms with E-state index in [2.05, 4.69) is 51.7 Å². The molecule has 0 aliphatic carbocycles. The van der Waals surface area contributed by atoms with Gasteiger partial charge in [-0.05, 0) is 52.9 Å². The molecule has 18 heavy (non-hydrogen) atoms. The zero-order valence-electron chi connectivity index (χ0n) is 10.4. The van der Waals surface area contributed by atoms with Gasteiger partial charge in [0.05, 0.1) is 15.5 Å². The van der Waals surface area contributed by atoms with Gasteiger partial charge in [-0.2, -0.15) is 5.10 Å². The van der Waals surface area contributed by atoms with Crippen LogP contribution in [0.3, 0.4) is 0 Å². The Morgan fingerprint density at radius 3 is 2.83 bits per heavy atom. The molecule has 4 nitrogen and oxygen atoms in total. The van der Waals surface area contributed by atoms with E-state index in [1.54, 1.807) is 11.3 Å². The molecule has 2 heterocycles. The predicted octanol–water partition coefficient (Wildman–Crippen LogP) is 3.04. The molecule has 0 radical (unpaired) electrons. The summed E-state index contributed by atoms with van der Waals surface area (Å²) in [6, 6.07) is 4.63. The highest BCUT2D eigenvalue weighted by molar-refractivity contribution is 9.11. The largest absolute Gasteiger partial charge is 0.271 e. The average Bonchev–Trinajstić information content (AvgIpc) is 2.94. The number of nitrogens with zero attached hydrogens (tertiary/aromatic N) is 2. The van der Waals surface area contributed by atoms with Gasteiger partial charge in [-0.25, -0.2) is 0 Å². The second-order valence-corrected chi connectivity index (χ2v) is 6.78. The lowest BCUT2D eigenvalue weighted by molar-refractivity contribution is 0.507. The Hall–Kier alpha value is -0.690. The minimum atomic E-state index is 0.100. The van der Waals surface area contributed by atoms with Crippen molar-refractivity contribution in [3.8, 4) is 0 Å². The molecule has 0 saturated heterocycles. The van der Waals surface area contributed by atoms with E-state index >= 15 is 0 Å². The number of hydrogen-bond donors (Lipinski definition) is 2. The number of nitrogens with one attached hydrogen (secondary N) is 1. The second-order valence-electron chi connectivity index (χ2n) is 4.49. The van der Waals surface area contributed by atoms with Crippen molar-refractivity contribution in [2.45, 2.75) is 32.4 Å². The number of rotatable bonds is 5. The van der Waals surface area contributed by atoms with E-state index in [1.165, 1.54) is 5.56 Å². The normalized spacial score (nSPS) is 13.2. The minimum absolute atomic E-state index is 0.100. The van der Waals surface area contributed by atoms with Crippen molar-refractivity contribution in [2.75, 3.05) is 0 Å². The topological polar surface area (TPSA) is 55.9 Å². The summed E-state index contributed by atoms with van der Waals surface area (Å²) >= 11 is 5.13. The highest BCUT2D eigenvalue weighted by Gasteiger charge is 2.14. The minimum Gasteiger partial charge on any atom is -0.271 e. The van der Waals surface area contributed by atoms with E-state index < -0.39 is 0 Å². The fourth-order valence-electron chi connectivity index (χ4n) is 1.76. The van der Waals surface area contributed by atoms with Gasteiger partial charge in [-0.1, -0.05) is 0 Å². The summed E-state index contributed by atoms with van der Waals surface area (Å²) in [6.45, 7) is 4.23. The molecule has 0 amide bonds. The lowest BCUT2D eigenvalue weighted by atomic mass is 10.1. The first kappa shape index (κ1) is 13.7. The van der Waals surface area contributed by atoms with Crippen molar-refractivity contribution >= 4 is 27.3 Å². The van der Waals surface area contributed by atoms with Gasteiger partial charge < -0.3 is 0 Å². The van der Waals surface area contributed by atoms with E-state index in [-0.39, 0.29) is 6.04 Å². The van der Waals surface area contributed by atoms with Crippen LogP contribution in [0.25, 0.3) is 0 Å². The summed E-state index contributed by atoms with van der Waals surface area (Å²) in [5, 5.41) is 6.65. The van der Waals surface area contributed by atoms with Gasteiger partial charge in [-0.3, -0.25) is 16.0 Å². The summed E-state index contributed by atoms with van der Waals surface area (Å²) < 4.78 is 3.08. The Balaban J connectivity index is 2.10.